The van der Waals surface area contributed by atoms with Crippen LogP contribution in [0.15, 0.2) is 12.2 Å². The molecule has 0 aromatic carbocycles. The molecule has 0 spiro atoms. The number of hydrogen-bond donors (Lipinski definition) is 0. The third-order valence-electron chi connectivity index (χ3n) is 4.45. The fourth-order valence-electron chi connectivity index (χ4n) is 3.68. The van der Waals surface area contributed by atoms with E-state index in [0.717, 1.165) is 18.3 Å². The molecule has 0 saturated heterocycles. The summed E-state index contributed by atoms with van der Waals surface area (Å²) in [6, 6.07) is 0. The molecule has 2 fully saturated rings. The Hall–Kier alpha value is -0.830. The second kappa shape index (κ2) is 6.08. The zero-order valence-electron chi connectivity index (χ0n) is 12.4. The molecule has 0 aromatic heterocycles. The highest BCUT2D eigenvalue weighted by molar-refractivity contribution is 5.86. The van der Waals surface area contributed by atoms with Crippen molar-refractivity contribution in [3.05, 3.63) is 12.2 Å². The molecule has 0 aliphatic heterocycles. The summed E-state index contributed by atoms with van der Waals surface area (Å²) in [7, 11) is 0. The van der Waals surface area contributed by atoms with Crippen LogP contribution < -0.4 is 0 Å². The summed E-state index contributed by atoms with van der Waals surface area (Å²) >= 11 is 0. The van der Waals surface area contributed by atoms with Crippen LogP contribution >= 0.6 is 0 Å². The first-order valence-corrected chi connectivity index (χ1v) is 7.47. The second-order valence-corrected chi connectivity index (χ2v) is 6.44. The Kier molecular flexibility index (Phi) is 4.67. The number of esters is 1. The molecule has 0 aromatic rings. The highest BCUT2D eigenvalue weighted by atomic mass is 16.7. The Morgan fingerprint density at radius 3 is 2.68 bits per heavy atom. The molecular weight excluding hydrogens is 240 g/mol. The van der Waals surface area contributed by atoms with Gasteiger partial charge in [-0.3, -0.25) is 0 Å². The van der Waals surface area contributed by atoms with Crippen LogP contribution in [0.3, 0.4) is 0 Å². The summed E-state index contributed by atoms with van der Waals surface area (Å²) in [5.74, 6) is 1.98. The quantitative estimate of drug-likeness (QED) is 0.442. The van der Waals surface area contributed by atoms with Crippen molar-refractivity contribution in [2.24, 2.45) is 17.8 Å². The maximum atomic E-state index is 11.5. The normalized spacial score (nSPS) is 35.5. The van der Waals surface area contributed by atoms with Crippen LogP contribution in [0.4, 0.5) is 0 Å². The van der Waals surface area contributed by atoms with Crippen molar-refractivity contribution < 1.29 is 14.3 Å². The van der Waals surface area contributed by atoms with E-state index in [0.29, 0.717) is 11.5 Å². The fourth-order valence-corrected chi connectivity index (χ4v) is 3.68. The predicted octanol–water partition coefficient (Wildman–Crippen LogP) is 3.68. The third kappa shape index (κ3) is 3.82. The molecule has 3 heteroatoms. The Bertz CT molecular complexity index is 348. The van der Waals surface area contributed by atoms with Gasteiger partial charge in [0.05, 0.1) is 6.10 Å². The van der Waals surface area contributed by atoms with Crippen LogP contribution in [0.2, 0.25) is 0 Å². The largest absolute Gasteiger partial charge is 0.433 e. The summed E-state index contributed by atoms with van der Waals surface area (Å²) in [5.41, 5.74) is 0.422. The molecule has 2 aliphatic rings. The zero-order chi connectivity index (χ0) is 14.0. The average Bonchev–Trinajstić information content (AvgIpc) is 2.32. The predicted molar refractivity (Wildman–Crippen MR) is 74.5 cm³/mol. The lowest BCUT2D eigenvalue weighted by molar-refractivity contribution is -0.194. The lowest BCUT2D eigenvalue weighted by Crippen LogP contribution is -2.39. The van der Waals surface area contributed by atoms with Crippen LogP contribution in [0.25, 0.3) is 0 Å². The monoisotopic (exact) mass is 266 g/mol. The number of ether oxygens (including phenoxy) is 2. The maximum absolute atomic E-state index is 11.5. The van der Waals surface area contributed by atoms with Gasteiger partial charge in [-0.15, -0.1) is 0 Å². The van der Waals surface area contributed by atoms with Gasteiger partial charge in [-0.1, -0.05) is 13.5 Å². The first-order valence-electron chi connectivity index (χ1n) is 7.47. The lowest BCUT2D eigenvalue weighted by Gasteiger charge is -2.43. The van der Waals surface area contributed by atoms with E-state index >= 15 is 0 Å². The number of fused-ring (bicyclic) bond motifs is 2. The molecule has 0 N–H and O–H groups in total. The molecule has 108 valence electrons. The van der Waals surface area contributed by atoms with Crippen LogP contribution in [0.1, 0.15) is 52.9 Å². The van der Waals surface area contributed by atoms with E-state index in [1.807, 2.05) is 0 Å². The standard InChI is InChI=1S/C16H26O3/c1-10(2)16(17)19-12(4)18-15-6-5-13-7-11(3)8-14(15)9-13/h11-15H,1,5-9H2,2-4H3. The van der Waals surface area contributed by atoms with E-state index in [1.165, 1.54) is 25.7 Å². The van der Waals surface area contributed by atoms with Gasteiger partial charge in [-0.05, 0) is 63.7 Å². The highest BCUT2D eigenvalue weighted by Crippen LogP contribution is 2.43. The van der Waals surface area contributed by atoms with Crippen molar-refractivity contribution in [1.29, 1.82) is 0 Å². The van der Waals surface area contributed by atoms with E-state index in [1.54, 1.807) is 13.8 Å². The number of hydrogen-bond acceptors (Lipinski definition) is 3. The van der Waals surface area contributed by atoms with E-state index in [2.05, 4.69) is 13.5 Å². The Morgan fingerprint density at radius 2 is 2.00 bits per heavy atom. The van der Waals surface area contributed by atoms with E-state index in [9.17, 15) is 4.79 Å². The smallest absolute Gasteiger partial charge is 0.335 e. The Morgan fingerprint density at radius 1 is 1.26 bits per heavy atom. The number of carbonyl (C=O) groups is 1. The third-order valence-corrected chi connectivity index (χ3v) is 4.45. The van der Waals surface area contributed by atoms with E-state index in [-0.39, 0.29) is 12.1 Å². The van der Waals surface area contributed by atoms with Gasteiger partial charge in [0.1, 0.15) is 0 Å². The average molecular weight is 266 g/mol. The SMILES string of the molecule is C=C(C)C(=O)OC(C)OC1CCC2CC(C)CC1C2. The van der Waals surface area contributed by atoms with Crippen LogP contribution in [0, 0.1) is 17.8 Å². The molecule has 2 bridgehead atoms. The minimum absolute atomic E-state index is 0.256. The Balaban J connectivity index is 1.85. The maximum Gasteiger partial charge on any atom is 0.335 e. The van der Waals surface area contributed by atoms with Crippen molar-refractivity contribution in [1.82, 2.24) is 0 Å². The van der Waals surface area contributed by atoms with Crippen LogP contribution in [-0.4, -0.2) is 18.4 Å². The first-order chi connectivity index (χ1) is 8.95. The van der Waals surface area contributed by atoms with Crippen molar-refractivity contribution in [2.75, 3.05) is 0 Å². The van der Waals surface area contributed by atoms with Gasteiger partial charge in [0.15, 0.2) is 0 Å². The number of carbonyl (C=O) groups excluding carboxylic acids is 1. The molecular formula is C16H26O3. The zero-order valence-corrected chi connectivity index (χ0v) is 12.4. The molecule has 2 saturated carbocycles. The van der Waals surface area contributed by atoms with Gasteiger partial charge < -0.3 is 9.47 Å². The van der Waals surface area contributed by atoms with Gasteiger partial charge in [0.25, 0.3) is 0 Å². The number of rotatable bonds is 4. The van der Waals surface area contributed by atoms with Gasteiger partial charge >= 0.3 is 5.97 Å². The topological polar surface area (TPSA) is 35.5 Å². The molecule has 0 amide bonds. The molecule has 2 rings (SSSR count). The van der Waals surface area contributed by atoms with Crippen molar-refractivity contribution in [3.63, 3.8) is 0 Å². The summed E-state index contributed by atoms with van der Waals surface area (Å²) < 4.78 is 11.2. The van der Waals surface area contributed by atoms with Crippen LogP contribution in [-0.2, 0) is 14.3 Å². The minimum atomic E-state index is -0.469. The van der Waals surface area contributed by atoms with E-state index in [4.69, 9.17) is 9.47 Å². The van der Waals surface area contributed by atoms with Gasteiger partial charge in [-0.2, -0.15) is 0 Å². The minimum Gasteiger partial charge on any atom is -0.433 e. The van der Waals surface area contributed by atoms with Crippen molar-refractivity contribution in [2.45, 2.75) is 65.3 Å². The molecule has 5 atom stereocenters. The van der Waals surface area contributed by atoms with Gasteiger partial charge in [0.2, 0.25) is 6.29 Å². The van der Waals surface area contributed by atoms with Gasteiger partial charge in [-0.25, -0.2) is 4.79 Å². The molecule has 3 nitrogen and oxygen atoms in total. The molecule has 5 unspecified atom stereocenters. The van der Waals surface area contributed by atoms with Crippen LogP contribution in [0.5, 0.6) is 0 Å². The first kappa shape index (κ1) is 14.6. The van der Waals surface area contributed by atoms with Gasteiger partial charge in [0, 0.05) is 5.57 Å². The van der Waals surface area contributed by atoms with Crippen molar-refractivity contribution in [3.8, 4) is 0 Å². The summed E-state index contributed by atoms with van der Waals surface area (Å²) in [6.07, 6.45) is 6.07. The van der Waals surface area contributed by atoms with Crippen molar-refractivity contribution >= 4 is 5.97 Å². The molecule has 19 heavy (non-hydrogen) atoms. The highest BCUT2D eigenvalue weighted by Gasteiger charge is 2.37. The summed E-state index contributed by atoms with van der Waals surface area (Å²) in [4.78, 5) is 11.5. The fraction of sp³-hybridized carbons (Fsp3) is 0.812. The molecule has 0 radical (unpaired) electrons. The molecule has 0 heterocycles. The summed E-state index contributed by atoms with van der Waals surface area (Å²) in [6.45, 7) is 9.38. The summed E-state index contributed by atoms with van der Waals surface area (Å²) in [5, 5.41) is 0. The Labute approximate surface area is 116 Å². The van der Waals surface area contributed by atoms with E-state index < -0.39 is 6.29 Å². The lowest BCUT2D eigenvalue weighted by atomic mass is 9.67. The second-order valence-electron chi connectivity index (χ2n) is 6.44. The molecule has 2 aliphatic carbocycles.